The Morgan fingerprint density at radius 2 is 1.92 bits per heavy atom. The number of likely N-dealkylation sites (tertiary alicyclic amines) is 1. The number of aryl methyl sites for hydroxylation is 1. The largest absolute Gasteiger partial charge is 0.302 e. The summed E-state index contributed by atoms with van der Waals surface area (Å²) < 4.78 is 29.1. The summed E-state index contributed by atoms with van der Waals surface area (Å²) in [5, 5.41) is 0. The minimum absolute atomic E-state index is 0.0288. The van der Waals surface area contributed by atoms with E-state index in [1.165, 1.54) is 9.87 Å². The van der Waals surface area contributed by atoms with Crippen molar-refractivity contribution in [3.63, 3.8) is 0 Å². The van der Waals surface area contributed by atoms with Crippen LogP contribution in [0.5, 0.6) is 0 Å². The molecule has 0 amide bonds. The van der Waals surface area contributed by atoms with Crippen molar-refractivity contribution >= 4 is 10.2 Å². The highest BCUT2D eigenvalue weighted by atomic mass is 32.2. The summed E-state index contributed by atoms with van der Waals surface area (Å²) in [6.07, 6.45) is 4.17. The molecule has 6 heteroatoms. The molecule has 1 atom stereocenters. The molecule has 0 bridgehead atoms. The van der Waals surface area contributed by atoms with Crippen LogP contribution in [0.3, 0.4) is 0 Å². The van der Waals surface area contributed by atoms with Crippen molar-refractivity contribution in [3.8, 4) is 0 Å². The van der Waals surface area contributed by atoms with Crippen molar-refractivity contribution in [2.45, 2.75) is 45.6 Å². The Labute approximate surface area is 147 Å². The number of piperidine rings is 1. The number of hydrogen-bond acceptors (Lipinski definition) is 3. The molecule has 0 spiro atoms. The van der Waals surface area contributed by atoms with E-state index in [4.69, 9.17) is 0 Å². The maximum atomic E-state index is 12.4. The fourth-order valence-corrected chi connectivity index (χ4v) is 4.80. The van der Waals surface area contributed by atoms with E-state index >= 15 is 0 Å². The molecule has 1 fully saturated rings. The molecule has 1 aliphatic rings. The molecule has 1 unspecified atom stereocenters. The number of hydrogen-bond donors (Lipinski definition) is 1. The van der Waals surface area contributed by atoms with Gasteiger partial charge in [-0.05, 0) is 44.3 Å². The summed E-state index contributed by atoms with van der Waals surface area (Å²) in [7, 11) is -3.35. The molecule has 24 heavy (non-hydrogen) atoms. The highest BCUT2D eigenvalue weighted by molar-refractivity contribution is 7.87. The first-order valence-electron chi connectivity index (χ1n) is 9.08. The highest BCUT2D eigenvalue weighted by Crippen LogP contribution is 2.13. The fourth-order valence-electron chi connectivity index (χ4n) is 3.35. The van der Waals surface area contributed by atoms with Crippen LogP contribution in [-0.2, 0) is 16.6 Å². The number of nitrogens with one attached hydrogen (secondary N) is 1. The molecule has 0 aliphatic carbocycles. The monoisotopic (exact) mass is 353 g/mol. The van der Waals surface area contributed by atoms with Crippen molar-refractivity contribution in [1.82, 2.24) is 13.9 Å². The third-order valence-electron chi connectivity index (χ3n) is 4.65. The van der Waals surface area contributed by atoms with Gasteiger partial charge in [0, 0.05) is 25.7 Å². The molecule has 0 radical (unpaired) electrons. The highest BCUT2D eigenvalue weighted by Gasteiger charge is 2.26. The van der Waals surface area contributed by atoms with Gasteiger partial charge in [-0.15, -0.1) is 0 Å². The van der Waals surface area contributed by atoms with Crippen LogP contribution in [0.2, 0.25) is 0 Å². The normalized spacial score (nSPS) is 19.7. The van der Waals surface area contributed by atoms with Crippen LogP contribution >= 0.6 is 0 Å². The predicted molar refractivity (Wildman–Crippen MR) is 99.2 cm³/mol. The van der Waals surface area contributed by atoms with Crippen LogP contribution < -0.4 is 4.72 Å². The Hall–Kier alpha value is -0.950. The lowest BCUT2D eigenvalue weighted by Crippen LogP contribution is -2.51. The first-order valence-corrected chi connectivity index (χ1v) is 10.5. The van der Waals surface area contributed by atoms with Crippen LogP contribution in [0.1, 0.15) is 38.7 Å². The van der Waals surface area contributed by atoms with E-state index in [1.807, 2.05) is 19.9 Å². The van der Waals surface area contributed by atoms with Gasteiger partial charge >= 0.3 is 0 Å². The SMILES string of the molecule is CCN(CC)S(=O)(=O)NC1CCCN(CCCc2ccccc2)C1. The maximum absolute atomic E-state index is 12.4. The lowest BCUT2D eigenvalue weighted by molar-refractivity contribution is 0.198. The molecular weight excluding hydrogens is 322 g/mol. The standard InChI is InChI=1S/C18H31N3O2S/c1-3-21(4-2)24(22,23)19-18-13-9-15-20(16-18)14-8-12-17-10-6-5-7-11-17/h5-7,10-11,18-19H,3-4,8-9,12-16H2,1-2H3. The van der Waals surface area contributed by atoms with Gasteiger partial charge in [-0.3, -0.25) is 0 Å². The van der Waals surface area contributed by atoms with Crippen LogP contribution in [-0.4, -0.2) is 56.4 Å². The Kier molecular flexibility index (Phi) is 7.68. The molecule has 1 aliphatic heterocycles. The van der Waals surface area contributed by atoms with Gasteiger partial charge in [0.15, 0.2) is 0 Å². The molecule has 136 valence electrons. The molecule has 5 nitrogen and oxygen atoms in total. The van der Waals surface area contributed by atoms with Crippen LogP contribution in [0.15, 0.2) is 30.3 Å². The van der Waals surface area contributed by atoms with E-state index < -0.39 is 10.2 Å². The van der Waals surface area contributed by atoms with Crippen molar-refractivity contribution in [3.05, 3.63) is 35.9 Å². The molecule has 1 heterocycles. The molecule has 1 N–H and O–H groups in total. The van der Waals surface area contributed by atoms with Gasteiger partial charge < -0.3 is 4.90 Å². The Morgan fingerprint density at radius 3 is 2.58 bits per heavy atom. The number of rotatable bonds is 9. The van der Waals surface area contributed by atoms with Gasteiger partial charge in [-0.2, -0.15) is 17.4 Å². The predicted octanol–water partition coefficient (Wildman–Crippen LogP) is 2.26. The van der Waals surface area contributed by atoms with E-state index in [0.717, 1.165) is 45.3 Å². The third-order valence-corrected chi connectivity index (χ3v) is 6.48. The Morgan fingerprint density at radius 1 is 1.21 bits per heavy atom. The van der Waals surface area contributed by atoms with Crippen LogP contribution in [0, 0.1) is 0 Å². The van der Waals surface area contributed by atoms with E-state index in [2.05, 4.69) is 33.9 Å². The zero-order valence-electron chi connectivity index (χ0n) is 14.9. The smallest absolute Gasteiger partial charge is 0.279 e. The van der Waals surface area contributed by atoms with Crippen molar-refractivity contribution in [2.75, 3.05) is 32.7 Å². The summed E-state index contributed by atoms with van der Waals surface area (Å²) in [6.45, 7) is 7.68. The number of benzene rings is 1. The van der Waals surface area contributed by atoms with E-state index in [9.17, 15) is 8.42 Å². The molecule has 1 aromatic rings. The molecule has 0 saturated carbocycles. The first-order chi connectivity index (χ1) is 11.5. The summed E-state index contributed by atoms with van der Waals surface area (Å²) in [4.78, 5) is 2.39. The second-order valence-electron chi connectivity index (χ2n) is 6.44. The average molecular weight is 354 g/mol. The Bertz CT molecular complexity index is 573. The maximum Gasteiger partial charge on any atom is 0.279 e. The van der Waals surface area contributed by atoms with E-state index in [0.29, 0.717) is 13.1 Å². The van der Waals surface area contributed by atoms with Gasteiger partial charge in [0.2, 0.25) is 0 Å². The molecule has 1 aromatic carbocycles. The minimum atomic E-state index is -3.35. The first kappa shape index (κ1) is 19.4. The molecule has 1 saturated heterocycles. The van der Waals surface area contributed by atoms with Gasteiger partial charge in [-0.1, -0.05) is 44.2 Å². The van der Waals surface area contributed by atoms with Gasteiger partial charge in [-0.25, -0.2) is 0 Å². The van der Waals surface area contributed by atoms with Crippen molar-refractivity contribution < 1.29 is 8.42 Å². The van der Waals surface area contributed by atoms with Crippen LogP contribution in [0.25, 0.3) is 0 Å². The summed E-state index contributed by atoms with van der Waals surface area (Å²) in [6, 6.07) is 10.6. The third kappa shape index (κ3) is 5.84. The minimum Gasteiger partial charge on any atom is -0.302 e. The summed E-state index contributed by atoms with van der Waals surface area (Å²) in [5.74, 6) is 0. The van der Waals surface area contributed by atoms with E-state index in [-0.39, 0.29) is 6.04 Å². The number of nitrogens with zero attached hydrogens (tertiary/aromatic N) is 2. The second-order valence-corrected chi connectivity index (χ2v) is 8.14. The molecule has 2 rings (SSSR count). The zero-order valence-corrected chi connectivity index (χ0v) is 15.8. The van der Waals surface area contributed by atoms with E-state index in [1.54, 1.807) is 0 Å². The molecular formula is C18H31N3O2S. The molecule has 0 aromatic heterocycles. The van der Waals surface area contributed by atoms with Crippen molar-refractivity contribution in [2.24, 2.45) is 0 Å². The zero-order chi connectivity index (χ0) is 17.4. The van der Waals surface area contributed by atoms with Crippen LogP contribution in [0.4, 0.5) is 0 Å². The van der Waals surface area contributed by atoms with Crippen molar-refractivity contribution in [1.29, 1.82) is 0 Å². The van der Waals surface area contributed by atoms with Gasteiger partial charge in [0.1, 0.15) is 0 Å². The quantitative estimate of drug-likeness (QED) is 0.741. The Balaban J connectivity index is 1.79. The lowest BCUT2D eigenvalue weighted by Gasteiger charge is -2.34. The fraction of sp³-hybridized carbons (Fsp3) is 0.667. The average Bonchev–Trinajstić information content (AvgIpc) is 2.56. The van der Waals surface area contributed by atoms with Gasteiger partial charge in [0.25, 0.3) is 10.2 Å². The summed E-state index contributed by atoms with van der Waals surface area (Å²) in [5.41, 5.74) is 1.37. The van der Waals surface area contributed by atoms with Gasteiger partial charge in [0.05, 0.1) is 0 Å². The summed E-state index contributed by atoms with van der Waals surface area (Å²) >= 11 is 0. The second kappa shape index (κ2) is 9.51. The topological polar surface area (TPSA) is 52.7 Å². The lowest BCUT2D eigenvalue weighted by atomic mass is 10.1.